The Kier molecular flexibility index (Phi) is 1.66. The standard InChI is InChI=1S/C10H16N2/c1-8(2)12-6-10(7-12)3-9(4-10)5-11/h8-9H,3-4,6-7H2,1-2H3. The van der Waals surface area contributed by atoms with E-state index in [9.17, 15) is 0 Å². The molecule has 1 heterocycles. The van der Waals surface area contributed by atoms with Gasteiger partial charge in [-0.15, -0.1) is 0 Å². The third-order valence-electron chi connectivity index (χ3n) is 3.35. The first kappa shape index (κ1) is 8.07. The fourth-order valence-electron chi connectivity index (χ4n) is 2.52. The van der Waals surface area contributed by atoms with Crippen LogP contribution in [0.4, 0.5) is 0 Å². The summed E-state index contributed by atoms with van der Waals surface area (Å²) in [6.07, 6.45) is 2.32. The summed E-state index contributed by atoms with van der Waals surface area (Å²) >= 11 is 0. The lowest BCUT2D eigenvalue weighted by Gasteiger charge is -2.59. The zero-order chi connectivity index (χ0) is 8.77. The Morgan fingerprint density at radius 2 is 2.00 bits per heavy atom. The van der Waals surface area contributed by atoms with Crippen molar-refractivity contribution in [2.75, 3.05) is 13.1 Å². The summed E-state index contributed by atoms with van der Waals surface area (Å²) in [7, 11) is 0. The monoisotopic (exact) mass is 164 g/mol. The first-order valence-electron chi connectivity index (χ1n) is 4.79. The maximum Gasteiger partial charge on any atom is 0.0656 e. The second-order valence-electron chi connectivity index (χ2n) is 4.73. The van der Waals surface area contributed by atoms with E-state index >= 15 is 0 Å². The Bertz CT molecular complexity index is 212. The van der Waals surface area contributed by atoms with Gasteiger partial charge in [-0.25, -0.2) is 0 Å². The summed E-state index contributed by atoms with van der Waals surface area (Å²) < 4.78 is 0. The van der Waals surface area contributed by atoms with Crippen molar-refractivity contribution in [3.8, 4) is 6.07 Å². The molecule has 1 aliphatic heterocycles. The zero-order valence-corrected chi connectivity index (χ0v) is 7.88. The number of hydrogen-bond donors (Lipinski definition) is 0. The number of nitrogens with zero attached hydrogens (tertiary/aromatic N) is 2. The van der Waals surface area contributed by atoms with Crippen molar-refractivity contribution >= 4 is 0 Å². The maximum absolute atomic E-state index is 8.65. The van der Waals surface area contributed by atoms with Crippen LogP contribution in [0.25, 0.3) is 0 Å². The fraction of sp³-hybridized carbons (Fsp3) is 0.900. The van der Waals surface area contributed by atoms with Crippen molar-refractivity contribution in [1.29, 1.82) is 5.26 Å². The van der Waals surface area contributed by atoms with Gasteiger partial charge in [0.15, 0.2) is 0 Å². The van der Waals surface area contributed by atoms with E-state index in [0.29, 0.717) is 17.4 Å². The molecular weight excluding hydrogens is 148 g/mol. The fourth-order valence-corrected chi connectivity index (χ4v) is 2.52. The van der Waals surface area contributed by atoms with E-state index in [1.165, 1.54) is 13.1 Å². The van der Waals surface area contributed by atoms with E-state index in [0.717, 1.165) is 12.8 Å². The van der Waals surface area contributed by atoms with Crippen LogP contribution in [0.1, 0.15) is 26.7 Å². The molecule has 2 aliphatic rings. The summed E-state index contributed by atoms with van der Waals surface area (Å²) in [6, 6.07) is 3.04. The first-order valence-corrected chi connectivity index (χ1v) is 4.79. The molecule has 12 heavy (non-hydrogen) atoms. The normalized spacial score (nSPS) is 28.2. The molecule has 0 amide bonds. The van der Waals surface area contributed by atoms with Crippen molar-refractivity contribution in [2.45, 2.75) is 32.7 Å². The van der Waals surface area contributed by atoms with Crippen LogP contribution < -0.4 is 0 Å². The Morgan fingerprint density at radius 1 is 1.42 bits per heavy atom. The van der Waals surface area contributed by atoms with Crippen molar-refractivity contribution in [3.05, 3.63) is 0 Å². The molecule has 2 nitrogen and oxygen atoms in total. The second-order valence-corrected chi connectivity index (χ2v) is 4.73. The van der Waals surface area contributed by atoms with E-state index in [1.54, 1.807) is 0 Å². The number of likely N-dealkylation sites (tertiary alicyclic amines) is 1. The molecule has 0 unspecified atom stereocenters. The van der Waals surface area contributed by atoms with Gasteiger partial charge in [0.2, 0.25) is 0 Å². The summed E-state index contributed by atoms with van der Waals surface area (Å²) in [6.45, 7) is 6.96. The zero-order valence-electron chi connectivity index (χ0n) is 7.88. The van der Waals surface area contributed by atoms with Crippen LogP contribution in [0.5, 0.6) is 0 Å². The van der Waals surface area contributed by atoms with Gasteiger partial charge >= 0.3 is 0 Å². The van der Waals surface area contributed by atoms with E-state index in [1.807, 2.05) is 0 Å². The van der Waals surface area contributed by atoms with Gasteiger partial charge in [0.05, 0.1) is 6.07 Å². The van der Waals surface area contributed by atoms with Crippen LogP contribution in [0.2, 0.25) is 0 Å². The van der Waals surface area contributed by atoms with Gasteiger partial charge in [-0.3, -0.25) is 4.90 Å². The molecule has 2 rings (SSSR count). The average molecular weight is 164 g/mol. The van der Waals surface area contributed by atoms with Gasteiger partial charge in [0.1, 0.15) is 0 Å². The summed E-state index contributed by atoms with van der Waals surface area (Å²) in [5, 5.41) is 8.65. The van der Waals surface area contributed by atoms with Crippen LogP contribution >= 0.6 is 0 Å². The minimum atomic E-state index is 0.374. The molecule has 0 N–H and O–H groups in total. The van der Waals surface area contributed by atoms with Gasteiger partial charge in [-0.1, -0.05) is 0 Å². The molecule has 66 valence electrons. The number of nitriles is 1. The minimum Gasteiger partial charge on any atom is -0.300 e. The Morgan fingerprint density at radius 3 is 2.42 bits per heavy atom. The van der Waals surface area contributed by atoms with E-state index < -0.39 is 0 Å². The lowest BCUT2D eigenvalue weighted by Crippen LogP contribution is -2.63. The lowest BCUT2D eigenvalue weighted by atomic mass is 9.58. The SMILES string of the molecule is CC(C)N1CC2(CC(C#N)C2)C1. The molecule has 0 atom stereocenters. The highest BCUT2D eigenvalue weighted by Crippen LogP contribution is 2.51. The molecule has 0 bridgehead atoms. The van der Waals surface area contributed by atoms with Gasteiger partial charge in [-0.05, 0) is 32.1 Å². The third kappa shape index (κ3) is 1.04. The van der Waals surface area contributed by atoms with Crippen LogP contribution in [0.15, 0.2) is 0 Å². The van der Waals surface area contributed by atoms with Crippen LogP contribution in [-0.4, -0.2) is 24.0 Å². The van der Waals surface area contributed by atoms with Gasteiger partial charge in [-0.2, -0.15) is 5.26 Å². The van der Waals surface area contributed by atoms with E-state index in [-0.39, 0.29) is 0 Å². The van der Waals surface area contributed by atoms with Gasteiger partial charge in [0, 0.05) is 25.0 Å². The number of hydrogen-bond acceptors (Lipinski definition) is 2. The molecule has 0 aromatic heterocycles. The molecule has 0 radical (unpaired) electrons. The van der Waals surface area contributed by atoms with Crippen molar-refractivity contribution in [2.24, 2.45) is 11.3 Å². The average Bonchev–Trinajstić information content (AvgIpc) is 1.81. The summed E-state index contributed by atoms with van der Waals surface area (Å²) in [4.78, 5) is 2.49. The van der Waals surface area contributed by atoms with Crippen molar-refractivity contribution in [1.82, 2.24) is 4.90 Å². The minimum absolute atomic E-state index is 0.374. The molecule has 0 aromatic carbocycles. The molecule has 1 saturated heterocycles. The number of rotatable bonds is 1. The van der Waals surface area contributed by atoms with Crippen LogP contribution in [0, 0.1) is 22.7 Å². The quantitative estimate of drug-likeness (QED) is 0.589. The Labute approximate surface area is 74.2 Å². The topological polar surface area (TPSA) is 27.0 Å². The smallest absolute Gasteiger partial charge is 0.0656 e. The lowest BCUT2D eigenvalue weighted by molar-refractivity contribution is -0.0940. The molecule has 2 fully saturated rings. The highest BCUT2D eigenvalue weighted by Gasteiger charge is 2.52. The summed E-state index contributed by atoms with van der Waals surface area (Å²) in [5.41, 5.74) is 0.574. The first-order chi connectivity index (χ1) is 5.65. The maximum atomic E-state index is 8.65. The van der Waals surface area contributed by atoms with Crippen LogP contribution in [-0.2, 0) is 0 Å². The highest BCUT2D eigenvalue weighted by molar-refractivity contribution is 5.10. The Hall–Kier alpha value is -0.550. The highest BCUT2D eigenvalue weighted by atomic mass is 15.2. The Balaban J connectivity index is 1.80. The van der Waals surface area contributed by atoms with Gasteiger partial charge in [0.25, 0.3) is 0 Å². The van der Waals surface area contributed by atoms with Crippen molar-refractivity contribution in [3.63, 3.8) is 0 Å². The van der Waals surface area contributed by atoms with Crippen LogP contribution in [0.3, 0.4) is 0 Å². The molecule has 1 saturated carbocycles. The van der Waals surface area contributed by atoms with E-state index in [2.05, 4.69) is 24.8 Å². The second kappa shape index (κ2) is 2.47. The predicted molar refractivity (Wildman–Crippen MR) is 47.5 cm³/mol. The molecule has 1 spiro atoms. The largest absolute Gasteiger partial charge is 0.300 e. The predicted octanol–water partition coefficient (Wildman–Crippen LogP) is 1.63. The molecule has 1 aliphatic carbocycles. The van der Waals surface area contributed by atoms with Gasteiger partial charge < -0.3 is 0 Å². The van der Waals surface area contributed by atoms with Crippen molar-refractivity contribution < 1.29 is 0 Å². The summed E-state index contributed by atoms with van der Waals surface area (Å²) in [5.74, 6) is 0.374. The molecular formula is C10H16N2. The third-order valence-corrected chi connectivity index (χ3v) is 3.35. The molecule has 0 aromatic rings. The van der Waals surface area contributed by atoms with E-state index in [4.69, 9.17) is 5.26 Å². The molecule has 2 heteroatoms.